The molecular weight excluding hydrogens is 234 g/mol. The number of piperidine rings is 1. The van der Waals surface area contributed by atoms with Gasteiger partial charge in [0.1, 0.15) is 0 Å². The molecule has 3 nitrogen and oxygen atoms in total. The summed E-state index contributed by atoms with van der Waals surface area (Å²) in [7, 11) is 4.54. The van der Waals surface area contributed by atoms with Crippen LogP contribution in [-0.4, -0.2) is 74.6 Å². The zero-order valence-corrected chi connectivity index (χ0v) is 13.7. The van der Waals surface area contributed by atoms with Crippen LogP contribution in [0.5, 0.6) is 0 Å². The van der Waals surface area contributed by atoms with E-state index in [1.165, 1.54) is 71.5 Å². The summed E-state index contributed by atoms with van der Waals surface area (Å²) >= 11 is 0. The Balaban J connectivity index is 2.14. The second-order valence-corrected chi connectivity index (χ2v) is 6.30. The van der Waals surface area contributed by atoms with Crippen molar-refractivity contribution in [3.8, 4) is 0 Å². The number of rotatable bonds is 9. The molecule has 0 aromatic heterocycles. The molecule has 114 valence electrons. The summed E-state index contributed by atoms with van der Waals surface area (Å²) in [6.07, 6.45) is 5.41. The van der Waals surface area contributed by atoms with Crippen molar-refractivity contribution in [3.63, 3.8) is 0 Å². The van der Waals surface area contributed by atoms with Gasteiger partial charge < -0.3 is 14.7 Å². The number of nitrogens with zero attached hydrogens (tertiary/aromatic N) is 3. The minimum Gasteiger partial charge on any atom is -0.306 e. The Hall–Kier alpha value is -0.120. The normalized spacial score (nSPS) is 18.6. The Labute approximate surface area is 120 Å². The molecule has 1 heterocycles. The molecule has 0 spiro atoms. The first-order valence-corrected chi connectivity index (χ1v) is 8.25. The van der Waals surface area contributed by atoms with Crippen LogP contribution in [0.15, 0.2) is 0 Å². The maximum absolute atomic E-state index is 2.59. The Morgan fingerprint density at radius 1 is 1.05 bits per heavy atom. The van der Waals surface area contributed by atoms with Crippen molar-refractivity contribution in [1.82, 2.24) is 14.7 Å². The zero-order valence-electron chi connectivity index (χ0n) is 13.7. The average Bonchev–Trinajstić information content (AvgIpc) is 2.42. The molecule has 0 amide bonds. The first kappa shape index (κ1) is 16.9. The fourth-order valence-electron chi connectivity index (χ4n) is 2.90. The van der Waals surface area contributed by atoms with Crippen molar-refractivity contribution in [3.05, 3.63) is 0 Å². The molecule has 1 aliphatic rings. The van der Waals surface area contributed by atoms with Crippen molar-refractivity contribution in [2.75, 3.05) is 59.9 Å². The summed E-state index contributed by atoms with van der Waals surface area (Å²) in [6.45, 7) is 13.4. The Morgan fingerprint density at radius 3 is 2.32 bits per heavy atom. The minimum absolute atomic E-state index is 0.923. The van der Waals surface area contributed by atoms with E-state index in [-0.39, 0.29) is 0 Å². The number of likely N-dealkylation sites (N-methyl/N-ethyl adjacent to an activating group) is 2. The molecular formula is C16H35N3. The third kappa shape index (κ3) is 7.28. The van der Waals surface area contributed by atoms with Gasteiger partial charge in [0.05, 0.1) is 0 Å². The fraction of sp³-hybridized carbons (Fsp3) is 1.00. The second-order valence-electron chi connectivity index (χ2n) is 6.30. The number of hydrogen-bond acceptors (Lipinski definition) is 3. The van der Waals surface area contributed by atoms with E-state index in [0.29, 0.717) is 0 Å². The van der Waals surface area contributed by atoms with Gasteiger partial charge in [-0.3, -0.25) is 0 Å². The molecule has 0 unspecified atom stereocenters. The van der Waals surface area contributed by atoms with Gasteiger partial charge in [-0.25, -0.2) is 0 Å². The maximum atomic E-state index is 2.59. The SMILES string of the molecule is CCCCN(CC)CCN(C)CC1CCN(C)CC1. The van der Waals surface area contributed by atoms with Gasteiger partial charge in [0.25, 0.3) is 0 Å². The first-order chi connectivity index (χ1) is 9.15. The third-order valence-electron chi connectivity index (χ3n) is 4.48. The van der Waals surface area contributed by atoms with Gasteiger partial charge in [-0.1, -0.05) is 20.3 Å². The molecule has 0 aromatic rings. The topological polar surface area (TPSA) is 9.72 Å². The predicted octanol–water partition coefficient (Wildman–Crippen LogP) is 2.38. The standard InChI is InChI=1S/C16H35N3/c1-5-7-10-19(6-2)14-13-18(4)15-16-8-11-17(3)12-9-16/h16H,5-15H2,1-4H3. The van der Waals surface area contributed by atoms with Crippen LogP contribution < -0.4 is 0 Å². The quantitative estimate of drug-likeness (QED) is 0.636. The Bertz CT molecular complexity index is 212. The number of likely N-dealkylation sites (tertiary alicyclic amines) is 1. The van der Waals surface area contributed by atoms with E-state index in [1.54, 1.807) is 0 Å². The molecule has 1 aliphatic heterocycles. The van der Waals surface area contributed by atoms with Gasteiger partial charge in [0.15, 0.2) is 0 Å². The van der Waals surface area contributed by atoms with E-state index in [9.17, 15) is 0 Å². The highest BCUT2D eigenvalue weighted by molar-refractivity contribution is 4.73. The van der Waals surface area contributed by atoms with E-state index in [1.807, 2.05) is 0 Å². The van der Waals surface area contributed by atoms with Crippen molar-refractivity contribution >= 4 is 0 Å². The van der Waals surface area contributed by atoms with Crippen LogP contribution in [0.3, 0.4) is 0 Å². The summed E-state index contributed by atoms with van der Waals surface area (Å²) in [5.41, 5.74) is 0. The zero-order chi connectivity index (χ0) is 14.1. The van der Waals surface area contributed by atoms with Gasteiger partial charge in [-0.2, -0.15) is 0 Å². The van der Waals surface area contributed by atoms with Crippen LogP contribution in [0, 0.1) is 5.92 Å². The first-order valence-electron chi connectivity index (χ1n) is 8.25. The van der Waals surface area contributed by atoms with Gasteiger partial charge in [-0.15, -0.1) is 0 Å². The Morgan fingerprint density at radius 2 is 1.74 bits per heavy atom. The highest BCUT2D eigenvalue weighted by atomic mass is 15.2. The summed E-state index contributed by atoms with van der Waals surface area (Å²) in [5, 5.41) is 0. The molecule has 0 saturated carbocycles. The molecule has 0 atom stereocenters. The Kier molecular flexibility index (Phi) is 8.67. The molecule has 3 heteroatoms. The van der Waals surface area contributed by atoms with Gasteiger partial charge >= 0.3 is 0 Å². The van der Waals surface area contributed by atoms with Crippen molar-refractivity contribution in [1.29, 1.82) is 0 Å². The van der Waals surface area contributed by atoms with E-state index in [4.69, 9.17) is 0 Å². The highest BCUT2D eigenvalue weighted by Crippen LogP contribution is 2.16. The van der Waals surface area contributed by atoms with E-state index < -0.39 is 0 Å². The van der Waals surface area contributed by atoms with Crippen LogP contribution in [0.4, 0.5) is 0 Å². The molecule has 0 aliphatic carbocycles. The smallest absolute Gasteiger partial charge is 0.0109 e. The molecule has 1 saturated heterocycles. The average molecular weight is 269 g/mol. The number of hydrogen-bond donors (Lipinski definition) is 0. The summed E-state index contributed by atoms with van der Waals surface area (Å²) in [5.74, 6) is 0.923. The lowest BCUT2D eigenvalue weighted by Crippen LogP contribution is -2.39. The molecule has 0 bridgehead atoms. The van der Waals surface area contributed by atoms with E-state index in [0.717, 1.165) is 5.92 Å². The molecule has 0 N–H and O–H groups in total. The van der Waals surface area contributed by atoms with E-state index >= 15 is 0 Å². The van der Waals surface area contributed by atoms with Crippen LogP contribution in [0.1, 0.15) is 39.5 Å². The fourth-order valence-corrected chi connectivity index (χ4v) is 2.90. The molecule has 0 aromatic carbocycles. The van der Waals surface area contributed by atoms with Crippen molar-refractivity contribution < 1.29 is 0 Å². The molecule has 1 rings (SSSR count). The second kappa shape index (κ2) is 9.73. The van der Waals surface area contributed by atoms with Crippen LogP contribution in [0.25, 0.3) is 0 Å². The summed E-state index contributed by atoms with van der Waals surface area (Å²) < 4.78 is 0. The van der Waals surface area contributed by atoms with Crippen LogP contribution in [-0.2, 0) is 0 Å². The van der Waals surface area contributed by atoms with Crippen LogP contribution in [0.2, 0.25) is 0 Å². The third-order valence-corrected chi connectivity index (χ3v) is 4.48. The molecule has 0 radical (unpaired) electrons. The maximum Gasteiger partial charge on any atom is 0.0109 e. The highest BCUT2D eigenvalue weighted by Gasteiger charge is 2.18. The molecule has 1 fully saturated rings. The van der Waals surface area contributed by atoms with Crippen LogP contribution >= 0.6 is 0 Å². The monoisotopic (exact) mass is 269 g/mol. The summed E-state index contributed by atoms with van der Waals surface area (Å²) in [6, 6.07) is 0. The summed E-state index contributed by atoms with van der Waals surface area (Å²) in [4.78, 5) is 7.60. The lowest BCUT2D eigenvalue weighted by atomic mass is 9.97. The van der Waals surface area contributed by atoms with E-state index in [2.05, 4.69) is 42.6 Å². The van der Waals surface area contributed by atoms with Gasteiger partial charge in [0, 0.05) is 19.6 Å². The number of unbranched alkanes of at least 4 members (excludes halogenated alkanes) is 1. The lowest BCUT2D eigenvalue weighted by molar-refractivity contribution is 0.163. The molecule has 19 heavy (non-hydrogen) atoms. The lowest BCUT2D eigenvalue weighted by Gasteiger charge is -2.32. The van der Waals surface area contributed by atoms with Gasteiger partial charge in [0.2, 0.25) is 0 Å². The van der Waals surface area contributed by atoms with Crippen molar-refractivity contribution in [2.45, 2.75) is 39.5 Å². The van der Waals surface area contributed by atoms with Crippen molar-refractivity contribution in [2.24, 2.45) is 5.92 Å². The minimum atomic E-state index is 0.923. The largest absolute Gasteiger partial charge is 0.306 e. The van der Waals surface area contributed by atoms with Gasteiger partial charge in [-0.05, 0) is 65.5 Å². The predicted molar refractivity (Wildman–Crippen MR) is 84.7 cm³/mol.